The summed E-state index contributed by atoms with van der Waals surface area (Å²) < 4.78 is 17.8. The molecule has 2 aliphatic carbocycles. The van der Waals surface area contributed by atoms with E-state index in [1.807, 2.05) is 6.07 Å². The maximum Gasteiger partial charge on any atom is 0.166 e. The highest BCUT2D eigenvalue weighted by Gasteiger charge is 2.60. The number of aryl methyl sites for hydroxylation is 1. The fourth-order valence-corrected chi connectivity index (χ4v) is 5.41. The summed E-state index contributed by atoms with van der Waals surface area (Å²) in [5, 5.41) is 0. The predicted molar refractivity (Wildman–Crippen MR) is 90.0 cm³/mol. The Labute approximate surface area is 138 Å². The zero-order chi connectivity index (χ0) is 16.2. The lowest BCUT2D eigenvalue weighted by Crippen LogP contribution is -2.52. The van der Waals surface area contributed by atoms with Crippen molar-refractivity contribution in [1.29, 1.82) is 0 Å². The molecule has 1 aromatic carbocycles. The van der Waals surface area contributed by atoms with Crippen LogP contribution in [0.25, 0.3) is 0 Å². The number of ether oxygens (including phenoxy) is 3. The Balaban J connectivity index is 1.97. The highest BCUT2D eigenvalue weighted by molar-refractivity contribution is 5.60. The zero-order valence-electron chi connectivity index (χ0n) is 14.5. The number of rotatable bonds is 2. The Bertz CT molecular complexity index is 663. The molecule has 4 rings (SSSR count). The molecule has 0 amide bonds. The van der Waals surface area contributed by atoms with Crippen molar-refractivity contribution in [1.82, 2.24) is 0 Å². The van der Waals surface area contributed by atoms with Gasteiger partial charge in [0.2, 0.25) is 0 Å². The normalized spacial score (nSPS) is 34.6. The first-order valence-corrected chi connectivity index (χ1v) is 8.72. The summed E-state index contributed by atoms with van der Waals surface area (Å²) in [6, 6.07) is 4.21. The van der Waals surface area contributed by atoms with Crippen LogP contribution in [0.5, 0.6) is 11.5 Å². The fraction of sp³-hybridized carbons (Fsp3) is 0.600. The van der Waals surface area contributed by atoms with Crippen LogP contribution in [0.2, 0.25) is 0 Å². The highest BCUT2D eigenvalue weighted by Crippen LogP contribution is 2.62. The van der Waals surface area contributed by atoms with Crippen LogP contribution in [0.1, 0.15) is 43.7 Å². The van der Waals surface area contributed by atoms with E-state index < -0.39 is 0 Å². The van der Waals surface area contributed by atoms with Gasteiger partial charge in [0, 0.05) is 11.0 Å². The summed E-state index contributed by atoms with van der Waals surface area (Å²) in [5.41, 5.74) is 2.74. The minimum absolute atomic E-state index is 0.000926. The molecule has 0 unspecified atom stereocenters. The van der Waals surface area contributed by atoms with Gasteiger partial charge in [0.15, 0.2) is 17.6 Å². The molecular weight excluding hydrogens is 288 g/mol. The van der Waals surface area contributed by atoms with Gasteiger partial charge in [-0.3, -0.25) is 0 Å². The van der Waals surface area contributed by atoms with Crippen LogP contribution in [-0.2, 0) is 10.2 Å². The molecule has 3 aliphatic rings. The SMILES string of the molecule is COC1=CC[C@@H]2[C@@H](C)CCC[C@@]23c2c(C)ccc(OC)c2O[C@H]13. The lowest BCUT2D eigenvalue weighted by molar-refractivity contribution is 0.0137. The number of fused-ring (bicyclic) bond motifs is 1. The number of hydrogen-bond donors (Lipinski definition) is 0. The first kappa shape index (κ1) is 14.9. The van der Waals surface area contributed by atoms with Crippen molar-refractivity contribution in [3.63, 3.8) is 0 Å². The standard InChI is InChI=1S/C20H26O3/c1-12-6-5-11-20-14(12)8-10-16(22-4)19(20)23-18-15(21-3)9-7-13(2)17(18)20/h7,9-10,12,14,19H,5-6,8,11H2,1-4H3/t12-,14+,19+,20-/m0/s1. The molecule has 0 saturated heterocycles. The average molecular weight is 314 g/mol. The van der Waals surface area contributed by atoms with Gasteiger partial charge in [-0.2, -0.15) is 0 Å². The van der Waals surface area contributed by atoms with Gasteiger partial charge in [0.05, 0.1) is 14.2 Å². The lowest BCUT2D eigenvalue weighted by atomic mass is 9.53. The average Bonchev–Trinajstić information content (AvgIpc) is 2.90. The molecule has 3 heteroatoms. The molecule has 1 saturated carbocycles. The molecule has 1 spiro atoms. The van der Waals surface area contributed by atoms with Gasteiger partial charge in [-0.05, 0) is 49.3 Å². The molecule has 4 atom stereocenters. The zero-order valence-corrected chi connectivity index (χ0v) is 14.5. The molecule has 0 radical (unpaired) electrons. The van der Waals surface area contributed by atoms with E-state index in [4.69, 9.17) is 14.2 Å². The molecule has 0 N–H and O–H groups in total. The quantitative estimate of drug-likeness (QED) is 0.811. The van der Waals surface area contributed by atoms with E-state index in [0.29, 0.717) is 11.8 Å². The number of hydrogen-bond acceptors (Lipinski definition) is 3. The second-order valence-electron chi connectivity index (χ2n) is 7.35. The van der Waals surface area contributed by atoms with E-state index in [2.05, 4.69) is 26.0 Å². The highest BCUT2D eigenvalue weighted by atomic mass is 16.6. The summed E-state index contributed by atoms with van der Waals surface area (Å²) in [7, 11) is 3.49. The van der Waals surface area contributed by atoms with Crippen LogP contribution in [0.15, 0.2) is 24.0 Å². The van der Waals surface area contributed by atoms with Crippen molar-refractivity contribution in [3.05, 3.63) is 35.1 Å². The second kappa shape index (κ2) is 5.19. The Hall–Kier alpha value is -1.64. The van der Waals surface area contributed by atoms with Gasteiger partial charge in [0.25, 0.3) is 0 Å². The molecular formula is C20H26O3. The van der Waals surface area contributed by atoms with Crippen molar-refractivity contribution in [2.24, 2.45) is 11.8 Å². The Morgan fingerprint density at radius 2 is 2.04 bits per heavy atom. The van der Waals surface area contributed by atoms with E-state index in [9.17, 15) is 0 Å². The van der Waals surface area contributed by atoms with Crippen molar-refractivity contribution in [3.8, 4) is 11.5 Å². The predicted octanol–water partition coefficient (Wildman–Crippen LogP) is 4.37. The van der Waals surface area contributed by atoms with Crippen LogP contribution >= 0.6 is 0 Å². The van der Waals surface area contributed by atoms with Crippen LogP contribution in [-0.4, -0.2) is 20.3 Å². The Morgan fingerprint density at radius 1 is 1.22 bits per heavy atom. The van der Waals surface area contributed by atoms with Gasteiger partial charge in [0.1, 0.15) is 5.76 Å². The molecule has 1 heterocycles. The topological polar surface area (TPSA) is 27.7 Å². The Kier molecular flexibility index (Phi) is 3.36. The second-order valence-corrected chi connectivity index (χ2v) is 7.35. The van der Waals surface area contributed by atoms with Gasteiger partial charge in [-0.1, -0.05) is 25.8 Å². The minimum Gasteiger partial charge on any atom is -0.497 e. The number of allylic oxidation sites excluding steroid dienone is 1. The van der Waals surface area contributed by atoms with Crippen LogP contribution in [0, 0.1) is 18.8 Å². The fourth-order valence-electron chi connectivity index (χ4n) is 5.41. The molecule has 124 valence electrons. The van der Waals surface area contributed by atoms with E-state index in [1.54, 1.807) is 14.2 Å². The molecule has 0 aromatic heterocycles. The number of benzene rings is 1. The van der Waals surface area contributed by atoms with Crippen molar-refractivity contribution in [2.75, 3.05) is 14.2 Å². The van der Waals surface area contributed by atoms with Gasteiger partial charge >= 0.3 is 0 Å². The monoisotopic (exact) mass is 314 g/mol. The van der Waals surface area contributed by atoms with Crippen LogP contribution in [0.3, 0.4) is 0 Å². The van der Waals surface area contributed by atoms with Gasteiger partial charge in [-0.15, -0.1) is 0 Å². The molecule has 1 aliphatic heterocycles. The number of methoxy groups -OCH3 is 2. The Morgan fingerprint density at radius 3 is 2.78 bits per heavy atom. The molecule has 0 bridgehead atoms. The molecule has 1 fully saturated rings. The van der Waals surface area contributed by atoms with E-state index in [0.717, 1.165) is 23.7 Å². The van der Waals surface area contributed by atoms with Gasteiger partial charge in [-0.25, -0.2) is 0 Å². The van der Waals surface area contributed by atoms with Crippen LogP contribution < -0.4 is 9.47 Å². The molecule has 3 nitrogen and oxygen atoms in total. The third-order valence-electron chi connectivity index (χ3n) is 6.38. The van der Waals surface area contributed by atoms with Gasteiger partial charge < -0.3 is 14.2 Å². The van der Waals surface area contributed by atoms with E-state index in [-0.39, 0.29) is 11.5 Å². The summed E-state index contributed by atoms with van der Waals surface area (Å²) in [6.45, 7) is 4.61. The summed E-state index contributed by atoms with van der Waals surface area (Å²) >= 11 is 0. The van der Waals surface area contributed by atoms with E-state index >= 15 is 0 Å². The molecule has 23 heavy (non-hydrogen) atoms. The third kappa shape index (κ3) is 1.82. The first-order chi connectivity index (χ1) is 11.1. The van der Waals surface area contributed by atoms with Crippen molar-refractivity contribution < 1.29 is 14.2 Å². The summed E-state index contributed by atoms with van der Waals surface area (Å²) in [4.78, 5) is 0. The van der Waals surface area contributed by atoms with Crippen molar-refractivity contribution in [2.45, 2.75) is 51.0 Å². The van der Waals surface area contributed by atoms with Crippen LogP contribution in [0.4, 0.5) is 0 Å². The van der Waals surface area contributed by atoms with Crippen molar-refractivity contribution >= 4 is 0 Å². The van der Waals surface area contributed by atoms with E-state index in [1.165, 1.54) is 30.4 Å². The molecule has 1 aromatic rings. The third-order valence-corrected chi connectivity index (χ3v) is 6.38. The maximum absolute atomic E-state index is 6.51. The minimum atomic E-state index is -0.000926. The summed E-state index contributed by atoms with van der Waals surface area (Å²) in [5.74, 6) is 4.12. The largest absolute Gasteiger partial charge is 0.497 e. The smallest absolute Gasteiger partial charge is 0.166 e. The summed E-state index contributed by atoms with van der Waals surface area (Å²) in [6.07, 6.45) is 7.08. The first-order valence-electron chi connectivity index (χ1n) is 8.72. The maximum atomic E-state index is 6.51. The lowest BCUT2D eigenvalue weighted by Gasteiger charge is -2.50.